The monoisotopic (exact) mass is 927 g/mol. The number of hydrogen-bond donors (Lipinski definition) is 0. The first-order valence-corrected chi connectivity index (χ1v) is 27.0. The van der Waals surface area contributed by atoms with Crippen LogP contribution in [0.2, 0.25) is 0 Å². The first kappa shape index (κ1) is 62.8. The van der Waals surface area contributed by atoms with E-state index in [1.165, 1.54) is 51.4 Å². The fourth-order valence-electron chi connectivity index (χ4n) is 7.00. The Kier molecular flexibility index (Phi) is 51.0. The van der Waals surface area contributed by atoms with E-state index < -0.39 is 6.10 Å². The number of allylic oxidation sites excluding steroid dienone is 20. The Morgan fingerprint density at radius 1 is 0.299 bits per heavy atom. The van der Waals surface area contributed by atoms with Crippen molar-refractivity contribution in [2.45, 2.75) is 232 Å². The van der Waals surface area contributed by atoms with E-state index in [9.17, 15) is 14.4 Å². The second-order valence-corrected chi connectivity index (χ2v) is 17.3. The van der Waals surface area contributed by atoms with Gasteiger partial charge in [-0.15, -0.1) is 0 Å². The number of unbranched alkanes of at least 4 members (excludes halogenated alkanes) is 16. The van der Waals surface area contributed by atoms with Crippen LogP contribution in [0, 0.1) is 0 Å². The predicted molar refractivity (Wildman–Crippen MR) is 288 cm³/mol. The maximum atomic E-state index is 12.8. The molecule has 0 radical (unpaired) electrons. The van der Waals surface area contributed by atoms with E-state index in [4.69, 9.17) is 14.2 Å². The molecule has 1 unspecified atom stereocenters. The number of esters is 3. The summed E-state index contributed by atoms with van der Waals surface area (Å²) in [6.45, 7) is 6.22. The summed E-state index contributed by atoms with van der Waals surface area (Å²) in [5, 5.41) is 0. The largest absolute Gasteiger partial charge is 0.462 e. The molecule has 0 amide bonds. The van der Waals surface area contributed by atoms with E-state index in [0.717, 1.165) is 128 Å². The lowest BCUT2D eigenvalue weighted by Gasteiger charge is -2.18. The highest BCUT2D eigenvalue weighted by molar-refractivity contribution is 5.71. The van der Waals surface area contributed by atoms with E-state index in [2.05, 4.69) is 142 Å². The normalized spacial score (nSPS) is 13.1. The van der Waals surface area contributed by atoms with Crippen LogP contribution >= 0.6 is 0 Å². The van der Waals surface area contributed by atoms with Crippen molar-refractivity contribution < 1.29 is 28.6 Å². The molecule has 0 fully saturated rings. The zero-order valence-electron chi connectivity index (χ0n) is 43.1. The van der Waals surface area contributed by atoms with E-state index in [1.54, 1.807) is 0 Å². The fourth-order valence-corrected chi connectivity index (χ4v) is 7.00. The second-order valence-electron chi connectivity index (χ2n) is 17.3. The lowest BCUT2D eigenvalue weighted by molar-refractivity contribution is -0.167. The predicted octanol–water partition coefficient (Wildman–Crippen LogP) is 18.1. The summed E-state index contributed by atoms with van der Waals surface area (Å²) in [4.78, 5) is 38.0. The lowest BCUT2D eigenvalue weighted by atomic mass is 10.1. The first-order valence-electron chi connectivity index (χ1n) is 27.0. The van der Waals surface area contributed by atoms with Crippen molar-refractivity contribution in [2.75, 3.05) is 13.2 Å². The Hall–Kier alpha value is -4.19. The van der Waals surface area contributed by atoms with Crippen molar-refractivity contribution >= 4 is 17.9 Å². The Balaban J connectivity index is 4.43. The zero-order chi connectivity index (χ0) is 48.6. The summed E-state index contributed by atoms with van der Waals surface area (Å²) < 4.78 is 16.8. The van der Waals surface area contributed by atoms with Gasteiger partial charge in [-0.25, -0.2) is 0 Å². The molecule has 378 valence electrons. The van der Waals surface area contributed by atoms with Gasteiger partial charge in [-0.3, -0.25) is 14.4 Å². The molecule has 6 nitrogen and oxygen atoms in total. The molecule has 0 spiro atoms. The number of carbonyl (C=O) groups excluding carboxylic acids is 3. The molecular formula is C61H98O6. The van der Waals surface area contributed by atoms with Crippen LogP contribution < -0.4 is 0 Å². The van der Waals surface area contributed by atoms with Crippen molar-refractivity contribution in [3.05, 3.63) is 122 Å². The van der Waals surface area contributed by atoms with Gasteiger partial charge in [0.1, 0.15) is 13.2 Å². The van der Waals surface area contributed by atoms with Gasteiger partial charge in [-0.1, -0.05) is 213 Å². The van der Waals surface area contributed by atoms with Crippen LogP contribution in [0.25, 0.3) is 0 Å². The summed E-state index contributed by atoms with van der Waals surface area (Å²) in [6, 6.07) is 0. The molecule has 6 heteroatoms. The summed E-state index contributed by atoms with van der Waals surface area (Å²) in [6.07, 6.45) is 74.8. The molecule has 0 bridgehead atoms. The van der Waals surface area contributed by atoms with Crippen LogP contribution in [0.4, 0.5) is 0 Å². The Morgan fingerprint density at radius 3 is 0.896 bits per heavy atom. The molecule has 67 heavy (non-hydrogen) atoms. The SMILES string of the molecule is CC/C=C\C/C=C\C/C=C\C/C=C\CCCCCCCCC(=O)OCC(COC(=O)CCC/C=C\C/C=C\C/C=C\CC)OC(=O)CCCCCCCCCCC/C=C\C/C=C\C/C=C\CC. The van der Waals surface area contributed by atoms with Crippen LogP contribution in [0.3, 0.4) is 0 Å². The molecule has 0 heterocycles. The van der Waals surface area contributed by atoms with Gasteiger partial charge in [-0.05, 0) is 116 Å². The molecule has 0 aliphatic heterocycles. The maximum absolute atomic E-state index is 12.8. The highest BCUT2D eigenvalue weighted by Gasteiger charge is 2.19. The van der Waals surface area contributed by atoms with Crippen LogP contribution in [0.5, 0.6) is 0 Å². The summed E-state index contributed by atoms with van der Waals surface area (Å²) in [5.41, 5.74) is 0. The van der Waals surface area contributed by atoms with E-state index in [1.807, 2.05) is 0 Å². The second kappa shape index (κ2) is 54.4. The molecule has 0 aromatic carbocycles. The Labute approximate surface area is 412 Å². The van der Waals surface area contributed by atoms with Gasteiger partial charge in [0.15, 0.2) is 6.10 Å². The van der Waals surface area contributed by atoms with E-state index in [0.29, 0.717) is 19.3 Å². The third kappa shape index (κ3) is 52.6. The molecule has 0 aliphatic carbocycles. The van der Waals surface area contributed by atoms with E-state index >= 15 is 0 Å². The molecule has 0 rings (SSSR count). The standard InChI is InChI=1S/C61H98O6/c1-4-7-10-13-16-19-22-24-26-28-30-32-34-36-39-42-45-48-51-54-60(63)66-57-58(56-65-59(62)53-50-47-44-41-38-21-18-15-12-9-6-3)67-61(64)55-52-49-46-43-40-37-35-33-31-29-27-25-23-20-17-14-11-8-5-2/h7-12,16-21,24-27,30,32,41,44,58H,4-6,13-15,22-23,28-29,31,33-40,42-43,45-57H2,1-3H3/b10-7-,11-8-,12-9-,19-16-,20-17-,21-18-,26-24-,27-25-,32-30-,44-41-. The topological polar surface area (TPSA) is 78.9 Å². The summed E-state index contributed by atoms with van der Waals surface area (Å²) in [5.74, 6) is -0.987. The van der Waals surface area contributed by atoms with Crippen molar-refractivity contribution in [2.24, 2.45) is 0 Å². The Bertz CT molecular complexity index is 1440. The van der Waals surface area contributed by atoms with Gasteiger partial charge in [0, 0.05) is 19.3 Å². The average Bonchev–Trinajstić information content (AvgIpc) is 3.33. The highest BCUT2D eigenvalue weighted by atomic mass is 16.6. The molecule has 0 saturated heterocycles. The molecule has 0 saturated carbocycles. The molecule has 0 aromatic rings. The van der Waals surface area contributed by atoms with Crippen LogP contribution in [0.1, 0.15) is 226 Å². The molecule has 0 aliphatic rings. The van der Waals surface area contributed by atoms with Crippen molar-refractivity contribution in [3.63, 3.8) is 0 Å². The molecule has 1 atom stereocenters. The third-order valence-electron chi connectivity index (χ3n) is 10.9. The molecular weight excluding hydrogens is 829 g/mol. The van der Waals surface area contributed by atoms with Crippen molar-refractivity contribution in [1.29, 1.82) is 0 Å². The fraction of sp³-hybridized carbons (Fsp3) is 0.623. The quantitative estimate of drug-likeness (QED) is 0.0262. The Morgan fingerprint density at radius 2 is 0.552 bits per heavy atom. The number of hydrogen-bond acceptors (Lipinski definition) is 6. The lowest BCUT2D eigenvalue weighted by Crippen LogP contribution is -2.30. The summed E-state index contributed by atoms with van der Waals surface area (Å²) >= 11 is 0. The number of carbonyl (C=O) groups is 3. The van der Waals surface area contributed by atoms with Gasteiger partial charge in [0.2, 0.25) is 0 Å². The smallest absolute Gasteiger partial charge is 0.306 e. The minimum atomic E-state index is -0.810. The first-order chi connectivity index (χ1) is 33.0. The van der Waals surface area contributed by atoms with Crippen LogP contribution in [0.15, 0.2) is 122 Å². The summed E-state index contributed by atoms with van der Waals surface area (Å²) in [7, 11) is 0. The van der Waals surface area contributed by atoms with Gasteiger partial charge < -0.3 is 14.2 Å². The highest BCUT2D eigenvalue weighted by Crippen LogP contribution is 2.14. The number of ether oxygens (including phenoxy) is 3. The van der Waals surface area contributed by atoms with E-state index in [-0.39, 0.29) is 37.5 Å². The zero-order valence-corrected chi connectivity index (χ0v) is 43.1. The minimum absolute atomic E-state index is 0.107. The average molecular weight is 927 g/mol. The van der Waals surface area contributed by atoms with Crippen LogP contribution in [-0.4, -0.2) is 37.2 Å². The van der Waals surface area contributed by atoms with Gasteiger partial charge >= 0.3 is 17.9 Å². The molecule has 0 aromatic heterocycles. The number of rotatable bonds is 47. The van der Waals surface area contributed by atoms with Crippen molar-refractivity contribution in [1.82, 2.24) is 0 Å². The third-order valence-corrected chi connectivity index (χ3v) is 10.9. The van der Waals surface area contributed by atoms with Gasteiger partial charge in [0.25, 0.3) is 0 Å². The minimum Gasteiger partial charge on any atom is -0.462 e. The van der Waals surface area contributed by atoms with Crippen LogP contribution in [-0.2, 0) is 28.6 Å². The maximum Gasteiger partial charge on any atom is 0.306 e. The van der Waals surface area contributed by atoms with Gasteiger partial charge in [-0.2, -0.15) is 0 Å². The molecule has 0 N–H and O–H groups in total. The van der Waals surface area contributed by atoms with Gasteiger partial charge in [0.05, 0.1) is 0 Å². The van der Waals surface area contributed by atoms with Crippen molar-refractivity contribution in [3.8, 4) is 0 Å².